The van der Waals surface area contributed by atoms with E-state index in [0.717, 1.165) is 12.8 Å². The molecule has 1 aliphatic heterocycles. The van der Waals surface area contributed by atoms with E-state index in [9.17, 15) is 14.7 Å². The van der Waals surface area contributed by atoms with Gasteiger partial charge in [-0.15, -0.1) is 0 Å². The Morgan fingerprint density at radius 2 is 1.44 bits per heavy atom. The SMILES string of the molecule is O=C1C2CC=CCC2C(=O)N1C1CCC(O)CC1. The molecule has 4 nitrogen and oxygen atoms in total. The summed E-state index contributed by atoms with van der Waals surface area (Å²) < 4.78 is 0. The maximum absolute atomic E-state index is 12.3. The quantitative estimate of drug-likeness (QED) is 0.562. The number of allylic oxidation sites excluding steroid dienone is 2. The van der Waals surface area contributed by atoms with E-state index >= 15 is 0 Å². The van der Waals surface area contributed by atoms with Crippen LogP contribution >= 0.6 is 0 Å². The molecule has 1 heterocycles. The molecule has 2 atom stereocenters. The topological polar surface area (TPSA) is 57.6 Å². The number of nitrogens with zero attached hydrogens (tertiary/aromatic N) is 1. The van der Waals surface area contributed by atoms with Gasteiger partial charge in [0.25, 0.3) is 0 Å². The number of hydrogen-bond acceptors (Lipinski definition) is 3. The van der Waals surface area contributed by atoms with Crippen LogP contribution in [0.1, 0.15) is 38.5 Å². The lowest BCUT2D eigenvalue weighted by atomic mass is 9.85. The molecule has 2 aliphatic carbocycles. The van der Waals surface area contributed by atoms with Crippen molar-refractivity contribution in [3.63, 3.8) is 0 Å². The number of carbonyl (C=O) groups excluding carboxylic acids is 2. The minimum absolute atomic E-state index is 0.0238. The molecule has 0 spiro atoms. The fourth-order valence-corrected chi connectivity index (χ4v) is 3.50. The Hall–Kier alpha value is -1.16. The normalized spacial score (nSPS) is 40.2. The Morgan fingerprint density at radius 3 is 1.94 bits per heavy atom. The van der Waals surface area contributed by atoms with Crippen LogP contribution in [-0.4, -0.2) is 34.0 Å². The first kappa shape index (κ1) is 11.9. The number of fused-ring (bicyclic) bond motifs is 1. The molecule has 3 rings (SSSR count). The van der Waals surface area contributed by atoms with Crippen molar-refractivity contribution < 1.29 is 14.7 Å². The maximum atomic E-state index is 12.3. The predicted octanol–water partition coefficient (Wildman–Crippen LogP) is 1.24. The van der Waals surface area contributed by atoms with Gasteiger partial charge in [-0.25, -0.2) is 0 Å². The summed E-state index contributed by atoms with van der Waals surface area (Å²) in [5, 5.41) is 9.51. The Morgan fingerprint density at radius 1 is 0.944 bits per heavy atom. The summed E-state index contributed by atoms with van der Waals surface area (Å²) >= 11 is 0. The molecule has 1 saturated heterocycles. The Bertz CT molecular complexity index is 370. The second-order valence-corrected chi connectivity index (χ2v) is 5.66. The zero-order valence-electron chi connectivity index (χ0n) is 10.4. The fourth-order valence-electron chi connectivity index (χ4n) is 3.50. The molecule has 1 N–H and O–H groups in total. The third-order valence-corrected chi connectivity index (χ3v) is 4.57. The number of likely N-dealkylation sites (tertiary alicyclic amines) is 1. The molecule has 18 heavy (non-hydrogen) atoms. The van der Waals surface area contributed by atoms with Gasteiger partial charge in [-0.3, -0.25) is 14.5 Å². The Kier molecular flexibility index (Phi) is 2.98. The predicted molar refractivity (Wildman–Crippen MR) is 65.5 cm³/mol. The van der Waals surface area contributed by atoms with Crippen LogP contribution in [0, 0.1) is 11.8 Å². The zero-order valence-corrected chi connectivity index (χ0v) is 10.4. The van der Waals surface area contributed by atoms with Gasteiger partial charge < -0.3 is 5.11 Å². The lowest BCUT2D eigenvalue weighted by Crippen LogP contribution is -2.43. The van der Waals surface area contributed by atoms with E-state index in [4.69, 9.17) is 0 Å². The van der Waals surface area contributed by atoms with E-state index < -0.39 is 0 Å². The first-order chi connectivity index (χ1) is 8.68. The average molecular weight is 249 g/mol. The monoisotopic (exact) mass is 249 g/mol. The standard InChI is InChI=1S/C14H19NO3/c16-10-7-5-9(6-8-10)15-13(17)11-3-1-2-4-12(11)14(15)18/h1-2,9-12,16H,3-8H2. The first-order valence-electron chi connectivity index (χ1n) is 6.88. The summed E-state index contributed by atoms with van der Waals surface area (Å²) in [5.74, 6) is -0.185. The summed E-state index contributed by atoms with van der Waals surface area (Å²) in [4.78, 5) is 26.2. The molecule has 4 heteroatoms. The van der Waals surface area contributed by atoms with E-state index in [-0.39, 0.29) is 35.8 Å². The smallest absolute Gasteiger partial charge is 0.233 e. The second-order valence-electron chi connectivity index (χ2n) is 5.66. The minimum atomic E-state index is -0.252. The lowest BCUT2D eigenvalue weighted by molar-refractivity contribution is -0.143. The molecule has 0 bridgehead atoms. The van der Waals surface area contributed by atoms with Gasteiger partial charge in [-0.05, 0) is 38.5 Å². The molecule has 2 fully saturated rings. The Labute approximate surface area is 107 Å². The van der Waals surface area contributed by atoms with Crippen molar-refractivity contribution in [2.45, 2.75) is 50.7 Å². The van der Waals surface area contributed by atoms with Crippen LogP contribution in [0.3, 0.4) is 0 Å². The molecule has 1 saturated carbocycles. The van der Waals surface area contributed by atoms with Gasteiger partial charge >= 0.3 is 0 Å². The molecular formula is C14H19NO3. The van der Waals surface area contributed by atoms with Crippen molar-refractivity contribution in [1.82, 2.24) is 4.90 Å². The highest BCUT2D eigenvalue weighted by Gasteiger charge is 2.49. The number of rotatable bonds is 1. The van der Waals surface area contributed by atoms with Gasteiger partial charge in [-0.1, -0.05) is 12.2 Å². The number of aliphatic hydroxyl groups excluding tert-OH is 1. The highest BCUT2D eigenvalue weighted by atomic mass is 16.3. The molecule has 0 radical (unpaired) electrons. The van der Waals surface area contributed by atoms with Gasteiger partial charge in [0.05, 0.1) is 17.9 Å². The number of carbonyl (C=O) groups is 2. The highest BCUT2D eigenvalue weighted by molar-refractivity contribution is 6.05. The Balaban J connectivity index is 1.77. The van der Waals surface area contributed by atoms with Crippen molar-refractivity contribution in [1.29, 1.82) is 0 Å². The molecular weight excluding hydrogens is 230 g/mol. The largest absolute Gasteiger partial charge is 0.393 e. The van der Waals surface area contributed by atoms with E-state index in [2.05, 4.69) is 0 Å². The van der Waals surface area contributed by atoms with Gasteiger partial charge in [0.2, 0.25) is 11.8 Å². The van der Waals surface area contributed by atoms with Gasteiger partial charge in [0, 0.05) is 6.04 Å². The first-order valence-corrected chi connectivity index (χ1v) is 6.88. The van der Waals surface area contributed by atoms with Crippen molar-refractivity contribution in [2.75, 3.05) is 0 Å². The summed E-state index contributed by atoms with van der Waals surface area (Å²) in [6.07, 6.45) is 8.11. The third-order valence-electron chi connectivity index (χ3n) is 4.57. The van der Waals surface area contributed by atoms with Crippen LogP contribution in [0.4, 0.5) is 0 Å². The van der Waals surface area contributed by atoms with Gasteiger partial charge in [0.15, 0.2) is 0 Å². The molecule has 2 unspecified atom stereocenters. The average Bonchev–Trinajstić information content (AvgIpc) is 2.64. The number of imide groups is 1. The molecule has 0 aromatic carbocycles. The van der Waals surface area contributed by atoms with Crippen LogP contribution < -0.4 is 0 Å². The summed E-state index contributed by atoms with van der Waals surface area (Å²) in [6.45, 7) is 0. The van der Waals surface area contributed by atoms with E-state index in [1.807, 2.05) is 12.2 Å². The van der Waals surface area contributed by atoms with Crippen LogP contribution in [0.2, 0.25) is 0 Å². The molecule has 0 aromatic rings. The second kappa shape index (κ2) is 4.50. The number of aliphatic hydroxyl groups is 1. The number of hydrogen-bond donors (Lipinski definition) is 1. The highest BCUT2D eigenvalue weighted by Crippen LogP contribution is 2.38. The van der Waals surface area contributed by atoms with E-state index in [1.165, 1.54) is 4.90 Å². The van der Waals surface area contributed by atoms with Crippen LogP contribution in [0.5, 0.6) is 0 Å². The van der Waals surface area contributed by atoms with Crippen LogP contribution in [0.15, 0.2) is 12.2 Å². The van der Waals surface area contributed by atoms with Crippen molar-refractivity contribution in [3.8, 4) is 0 Å². The molecule has 0 aromatic heterocycles. The summed E-state index contributed by atoms with van der Waals surface area (Å²) in [7, 11) is 0. The molecule has 2 amide bonds. The van der Waals surface area contributed by atoms with Crippen LogP contribution in [-0.2, 0) is 9.59 Å². The zero-order chi connectivity index (χ0) is 12.7. The van der Waals surface area contributed by atoms with Crippen LogP contribution in [0.25, 0.3) is 0 Å². The van der Waals surface area contributed by atoms with E-state index in [1.54, 1.807) is 0 Å². The van der Waals surface area contributed by atoms with Gasteiger partial charge in [0.1, 0.15) is 0 Å². The molecule has 3 aliphatic rings. The number of amides is 2. The van der Waals surface area contributed by atoms with Crippen molar-refractivity contribution in [3.05, 3.63) is 12.2 Å². The molecule has 98 valence electrons. The fraction of sp³-hybridized carbons (Fsp3) is 0.714. The lowest BCUT2D eigenvalue weighted by Gasteiger charge is -2.31. The maximum Gasteiger partial charge on any atom is 0.233 e. The summed E-state index contributed by atoms with van der Waals surface area (Å²) in [6, 6.07) is 0.0269. The van der Waals surface area contributed by atoms with Crippen molar-refractivity contribution in [2.24, 2.45) is 11.8 Å². The van der Waals surface area contributed by atoms with Gasteiger partial charge in [-0.2, -0.15) is 0 Å². The van der Waals surface area contributed by atoms with E-state index in [0.29, 0.717) is 25.7 Å². The van der Waals surface area contributed by atoms with Crippen molar-refractivity contribution >= 4 is 11.8 Å². The third kappa shape index (κ3) is 1.79. The summed E-state index contributed by atoms with van der Waals surface area (Å²) in [5.41, 5.74) is 0. The minimum Gasteiger partial charge on any atom is -0.393 e.